The average Bonchev–Trinajstić information content (AvgIpc) is 2.35. The van der Waals surface area contributed by atoms with Crippen LogP contribution in [-0.4, -0.2) is 29.3 Å². The topological polar surface area (TPSA) is 20.3 Å². The number of halogens is 1. The van der Waals surface area contributed by atoms with Crippen LogP contribution in [0.5, 0.6) is 0 Å². The lowest BCUT2D eigenvalue weighted by Crippen LogP contribution is -2.43. The van der Waals surface area contributed by atoms with Gasteiger partial charge in [0.15, 0.2) is 0 Å². The summed E-state index contributed by atoms with van der Waals surface area (Å²) in [5, 5.41) is 0.203. The van der Waals surface area contributed by atoms with E-state index in [1.54, 1.807) is 0 Å². The zero-order chi connectivity index (χ0) is 13.3. The fraction of sp³-hybridized carbons (Fsp3) is 0.533. The highest BCUT2D eigenvalue weighted by molar-refractivity contribution is 6.20. The van der Waals surface area contributed by atoms with Gasteiger partial charge >= 0.3 is 0 Å². The van der Waals surface area contributed by atoms with Gasteiger partial charge in [0, 0.05) is 24.0 Å². The zero-order valence-electron chi connectivity index (χ0n) is 11.2. The van der Waals surface area contributed by atoms with Gasteiger partial charge in [-0.25, -0.2) is 0 Å². The average molecular weight is 266 g/mol. The van der Waals surface area contributed by atoms with Crippen molar-refractivity contribution in [1.82, 2.24) is 4.90 Å². The first-order chi connectivity index (χ1) is 8.49. The normalized spacial score (nSPS) is 24.1. The number of likely N-dealkylation sites (tertiary alicyclic amines) is 1. The number of alkyl halides is 1. The van der Waals surface area contributed by atoms with Crippen LogP contribution in [0.2, 0.25) is 0 Å². The molecule has 1 amide bonds. The van der Waals surface area contributed by atoms with Gasteiger partial charge in [-0.1, -0.05) is 13.0 Å². The lowest BCUT2D eigenvalue weighted by atomic mass is 9.98. The third kappa shape index (κ3) is 2.69. The highest BCUT2D eigenvalue weighted by atomic mass is 35.5. The molecule has 1 fully saturated rings. The third-order valence-corrected chi connectivity index (χ3v) is 4.49. The van der Waals surface area contributed by atoms with E-state index in [1.165, 1.54) is 11.1 Å². The number of nitrogens with zero attached hydrogens (tertiary/aromatic N) is 1. The molecule has 2 atom stereocenters. The predicted molar refractivity (Wildman–Crippen MR) is 75.2 cm³/mol. The summed E-state index contributed by atoms with van der Waals surface area (Å²) in [6, 6.07) is 5.91. The molecule has 0 saturated carbocycles. The van der Waals surface area contributed by atoms with Crippen LogP contribution in [0.4, 0.5) is 0 Å². The Morgan fingerprint density at radius 3 is 2.67 bits per heavy atom. The second-order valence-electron chi connectivity index (χ2n) is 5.33. The fourth-order valence-corrected chi connectivity index (χ4v) is 2.54. The number of rotatable bonds is 1. The van der Waals surface area contributed by atoms with Crippen molar-refractivity contribution in [1.29, 1.82) is 0 Å². The maximum absolute atomic E-state index is 12.4. The molecule has 2 nitrogen and oxygen atoms in total. The number of amides is 1. The summed E-state index contributed by atoms with van der Waals surface area (Å²) >= 11 is 6.19. The molecule has 0 aliphatic carbocycles. The van der Waals surface area contributed by atoms with E-state index in [0.717, 1.165) is 25.1 Å². The standard InChI is InChI=1S/C15H20ClNO/c1-10-4-5-13(8-11(10)2)15(18)17-7-6-14(16)12(3)9-17/h4-5,8,12,14H,6-7,9H2,1-3H3. The van der Waals surface area contributed by atoms with E-state index < -0.39 is 0 Å². The van der Waals surface area contributed by atoms with E-state index in [9.17, 15) is 4.79 Å². The molecule has 2 unspecified atom stereocenters. The Hall–Kier alpha value is -1.02. The molecule has 1 aromatic rings. The van der Waals surface area contributed by atoms with Gasteiger partial charge in [-0.05, 0) is 49.4 Å². The maximum atomic E-state index is 12.4. The number of carbonyl (C=O) groups is 1. The van der Waals surface area contributed by atoms with Crippen molar-refractivity contribution >= 4 is 17.5 Å². The number of hydrogen-bond donors (Lipinski definition) is 0. The molecule has 98 valence electrons. The molecule has 3 heteroatoms. The first-order valence-corrected chi connectivity index (χ1v) is 6.93. The van der Waals surface area contributed by atoms with Gasteiger partial charge in [-0.15, -0.1) is 11.6 Å². The molecule has 1 aliphatic heterocycles. The molecule has 1 aromatic carbocycles. The van der Waals surface area contributed by atoms with Crippen LogP contribution in [-0.2, 0) is 0 Å². The van der Waals surface area contributed by atoms with E-state index in [2.05, 4.69) is 13.8 Å². The van der Waals surface area contributed by atoms with Crippen molar-refractivity contribution < 1.29 is 4.79 Å². The van der Waals surface area contributed by atoms with Crippen molar-refractivity contribution in [3.63, 3.8) is 0 Å². The van der Waals surface area contributed by atoms with Crippen molar-refractivity contribution in [2.75, 3.05) is 13.1 Å². The lowest BCUT2D eigenvalue weighted by molar-refractivity contribution is 0.0687. The molecule has 0 radical (unpaired) electrons. The summed E-state index contributed by atoms with van der Waals surface area (Å²) in [7, 11) is 0. The molecule has 0 bridgehead atoms. The van der Waals surface area contributed by atoms with Crippen molar-refractivity contribution in [2.45, 2.75) is 32.6 Å². The van der Waals surface area contributed by atoms with E-state index >= 15 is 0 Å². The SMILES string of the molecule is Cc1ccc(C(=O)N2CCC(Cl)C(C)C2)cc1C. The van der Waals surface area contributed by atoms with E-state index in [4.69, 9.17) is 11.6 Å². The summed E-state index contributed by atoms with van der Waals surface area (Å²) < 4.78 is 0. The number of hydrogen-bond acceptors (Lipinski definition) is 1. The Bertz CT molecular complexity index is 458. The monoisotopic (exact) mass is 265 g/mol. The molecular formula is C15H20ClNO. The number of piperidine rings is 1. The van der Waals surface area contributed by atoms with Gasteiger partial charge in [0.25, 0.3) is 5.91 Å². The van der Waals surface area contributed by atoms with Crippen LogP contribution in [0.25, 0.3) is 0 Å². The second kappa shape index (κ2) is 5.31. The van der Waals surface area contributed by atoms with Gasteiger partial charge < -0.3 is 4.90 Å². The predicted octanol–water partition coefficient (Wildman–Crippen LogP) is 3.39. The Balaban J connectivity index is 2.14. The first kappa shape index (κ1) is 13.4. The third-order valence-electron chi connectivity index (χ3n) is 3.84. The largest absolute Gasteiger partial charge is 0.338 e. The molecule has 0 aromatic heterocycles. The minimum absolute atomic E-state index is 0.133. The van der Waals surface area contributed by atoms with Gasteiger partial charge in [0.1, 0.15) is 0 Å². The van der Waals surface area contributed by atoms with Gasteiger partial charge in [-0.2, -0.15) is 0 Å². The van der Waals surface area contributed by atoms with Crippen LogP contribution < -0.4 is 0 Å². The highest BCUT2D eigenvalue weighted by Crippen LogP contribution is 2.23. The summed E-state index contributed by atoms with van der Waals surface area (Å²) in [5.74, 6) is 0.504. The summed E-state index contributed by atoms with van der Waals surface area (Å²) in [6.45, 7) is 7.74. The van der Waals surface area contributed by atoms with E-state index in [1.807, 2.05) is 30.0 Å². The molecule has 2 rings (SSSR count). The van der Waals surface area contributed by atoms with E-state index in [-0.39, 0.29) is 11.3 Å². The van der Waals surface area contributed by atoms with Crippen LogP contribution in [0, 0.1) is 19.8 Å². The van der Waals surface area contributed by atoms with Crippen molar-refractivity contribution in [2.24, 2.45) is 5.92 Å². The molecule has 1 aliphatic rings. The quantitative estimate of drug-likeness (QED) is 0.713. The number of benzene rings is 1. The number of aryl methyl sites for hydroxylation is 2. The minimum atomic E-state index is 0.133. The summed E-state index contributed by atoms with van der Waals surface area (Å²) in [6.07, 6.45) is 0.888. The van der Waals surface area contributed by atoms with Crippen LogP contribution >= 0.6 is 11.6 Å². The highest BCUT2D eigenvalue weighted by Gasteiger charge is 2.27. The van der Waals surface area contributed by atoms with Gasteiger partial charge in [0.05, 0.1) is 0 Å². The Morgan fingerprint density at radius 1 is 1.33 bits per heavy atom. The smallest absolute Gasteiger partial charge is 0.253 e. The first-order valence-electron chi connectivity index (χ1n) is 6.49. The second-order valence-corrected chi connectivity index (χ2v) is 5.89. The Morgan fingerprint density at radius 2 is 2.06 bits per heavy atom. The number of carbonyl (C=O) groups excluding carboxylic acids is 1. The molecule has 1 heterocycles. The molecular weight excluding hydrogens is 246 g/mol. The van der Waals surface area contributed by atoms with Gasteiger partial charge in [-0.3, -0.25) is 4.79 Å². The molecule has 0 spiro atoms. The molecule has 0 N–H and O–H groups in total. The van der Waals surface area contributed by atoms with Crippen LogP contribution in [0.15, 0.2) is 18.2 Å². The van der Waals surface area contributed by atoms with E-state index in [0.29, 0.717) is 5.92 Å². The lowest BCUT2D eigenvalue weighted by Gasteiger charge is -2.34. The minimum Gasteiger partial charge on any atom is -0.338 e. The van der Waals surface area contributed by atoms with Crippen LogP contribution in [0.1, 0.15) is 34.8 Å². The Labute approximate surface area is 114 Å². The van der Waals surface area contributed by atoms with Crippen LogP contribution in [0.3, 0.4) is 0 Å². The van der Waals surface area contributed by atoms with Crippen molar-refractivity contribution in [3.05, 3.63) is 34.9 Å². The summed E-state index contributed by atoms with van der Waals surface area (Å²) in [5.41, 5.74) is 3.18. The Kier molecular flexibility index (Phi) is 3.96. The molecule has 1 saturated heterocycles. The zero-order valence-corrected chi connectivity index (χ0v) is 12.0. The van der Waals surface area contributed by atoms with Gasteiger partial charge in [0.2, 0.25) is 0 Å². The maximum Gasteiger partial charge on any atom is 0.253 e. The molecule has 18 heavy (non-hydrogen) atoms. The summed E-state index contributed by atoms with van der Waals surface area (Å²) in [4.78, 5) is 14.3. The van der Waals surface area contributed by atoms with Crippen molar-refractivity contribution in [3.8, 4) is 0 Å². The fourth-order valence-electron chi connectivity index (χ4n) is 2.36.